The number of hydrogen-bond donors (Lipinski definition) is 1. The molecule has 1 fully saturated rings. The molecule has 0 aromatic heterocycles. The Labute approximate surface area is 125 Å². The van der Waals surface area contributed by atoms with Crippen molar-refractivity contribution in [1.29, 1.82) is 0 Å². The molecule has 0 bridgehead atoms. The number of ether oxygens (including phenoxy) is 1. The maximum absolute atomic E-state index is 12.9. The molecule has 2 aromatic rings. The normalized spacial score (nSPS) is 20.9. The Morgan fingerprint density at radius 1 is 1.05 bits per heavy atom. The number of benzene rings is 2. The van der Waals surface area contributed by atoms with Crippen LogP contribution in [0.1, 0.15) is 29.9 Å². The molecule has 110 valence electrons. The molecule has 2 nitrogen and oxygen atoms in total. The van der Waals surface area contributed by atoms with Gasteiger partial charge in [-0.1, -0.05) is 24.3 Å². The zero-order chi connectivity index (χ0) is 14.7. The second-order valence-electron chi connectivity index (χ2n) is 5.65. The summed E-state index contributed by atoms with van der Waals surface area (Å²) in [6, 6.07) is 15.6. The zero-order valence-electron chi connectivity index (χ0n) is 12.2. The lowest BCUT2D eigenvalue weighted by atomic mass is 9.76. The van der Waals surface area contributed by atoms with Gasteiger partial charge in [-0.2, -0.15) is 0 Å². The van der Waals surface area contributed by atoms with Crippen LogP contribution in [0.3, 0.4) is 0 Å². The highest BCUT2D eigenvalue weighted by atomic mass is 19.1. The number of nitrogens with one attached hydrogen (secondary N) is 1. The molecule has 2 aromatic carbocycles. The average Bonchev–Trinajstić information content (AvgIpc) is 2.48. The van der Waals surface area contributed by atoms with Gasteiger partial charge in [0.15, 0.2) is 0 Å². The summed E-state index contributed by atoms with van der Waals surface area (Å²) in [5, 5.41) is 3.57. The van der Waals surface area contributed by atoms with Crippen LogP contribution in [-0.4, -0.2) is 13.2 Å². The van der Waals surface area contributed by atoms with Crippen molar-refractivity contribution in [2.45, 2.75) is 31.3 Å². The minimum atomic E-state index is -0.160. The van der Waals surface area contributed by atoms with Crippen LogP contribution in [-0.2, 0) is 6.54 Å². The first kappa shape index (κ1) is 14.1. The van der Waals surface area contributed by atoms with E-state index in [2.05, 4.69) is 17.4 Å². The lowest BCUT2D eigenvalue weighted by Crippen LogP contribution is -2.39. The van der Waals surface area contributed by atoms with E-state index in [0.29, 0.717) is 12.0 Å². The van der Waals surface area contributed by atoms with Crippen molar-refractivity contribution in [3.05, 3.63) is 65.5 Å². The fourth-order valence-corrected chi connectivity index (χ4v) is 2.80. The molecule has 0 saturated heterocycles. The fraction of sp³-hybridized carbons (Fsp3) is 0.333. The largest absolute Gasteiger partial charge is 0.497 e. The maximum atomic E-state index is 12.9. The highest BCUT2D eigenvalue weighted by Gasteiger charge is 2.29. The molecule has 1 aliphatic carbocycles. The van der Waals surface area contributed by atoms with E-state index in [1.54, 1.807) is 19.2 Å². The molecule has 3 rings (SSSR count). The molecule has 0 spiro atoms. The van der Waals surface area contributed by atoms with Crippen LogP contribution >= 0.6 is 0 Å². The first-order chi connectivity index (χ1) is 10.2. The Bertz CT molecular complexity index is 573. The van der Waals surface area contributed by atoms with E-state index < -0.39 is 0 Å². The van der Waals surface area contributed by atoms with Crippen molar-refractivity contribution in [2.24, 2.45) is 0 Å². The molecule has 1 N–H and O–H groups in total. The van der Waals surface area contributed by atoms with E-state index in [-0.39, 0.29) is 5.82 Å². The summed E-state index contributed by atoms with van der Waals surface area (Å²) in [5.41, 5.74) is 2.51. The number of halogens is 1. The predicted molar refractivity (Wildman–Crippen MR) is 82.0 cm³/mol. The summed E-state index contributed by atoms with van der Waals surface area (Å²) in [6.07, 6.45) is 2.25. The van der Waals surface area contributed by atoms with Crippen LogP contribution in [0.2, 0.25) is 0 Å². The van der Waals surface area contributed by atoms with Crippen LogP contribution in [0.25, 0.3) is 0 Å². The number of hydrogen-bond acceptors (Lipinski definition) is 2. The topological polar surface area (TPSA) is 21.3 Å². The third-order valence-electron chi connectivity index (χ3n) is 4.23. The van der Waals surface area contributed by atoms with Gasteiger partial charge in [0.05, 0.1) is 7.11 Å². The van der Waals surface area contributed by atoms with Crippen molar-refractivity contribution in [3.63, 3.8) is 0 Å². The summed E-state index contributed by atoms with van der Waals surface area (Å²) < 4.78 is 18.0. The standard InChI is InChI=1S/C18H20FNO/c1-21-18-8-2-13(3-9-18)12-20-17-10-15(11-17)14-4-6-16(19)7-5-14/h2-9,15,17,20H,10-12H2,1H3. The van der Waals surface area contributed by atoms with Crippen molar-refractivity contribution >= 4 is 0 Å². The van der Waals surface area contributed by atoms with Crippen molar-refractivity contribution in [1.82, 2.24) is 5.32 Å². The first-order valence-corrected chi connectivity index (χ1v) is 7.36. The highest BCUT2D eigenvalue weighted by Crippen LogP contribution is 2.36. The lowest BCUT2D eigenvalue weighted by Gasteiger charge is -2.36. The number of rotatable bonds is 5. The average molecular weight is 285 g/mol. The summed E-state index contributed by atoms with van der Waals surface area (Å²) in [7, 11) is 1.68. The van der Waals surface area contributed by atoms with Gasteiger partial charge in [-0.25, -0.2) is 4.39 Å². The summed E-state index contributed by atoms with van der Waals surface area (Å²) >= 11 is 0. The van der Waals surface area contributed by atoms with Crippen LogP contribution < -0.4 is 10.1 Å². The minimum absolute atomic E-state index is 0.160. The summed E-state index contributed by atoms with van der Waals surface area (Å²) in [6.45, 7) is 0.880. The van der Waals surface area contributed by atoms with Crippen LogP contribution in [0.4, 0.5) is 4.39 Å². The summed E-state index contributed by atoms with van der Waals surface area (Å²) in [4.78, 5) is 0. The van der Waals surface area contributed by atoms with Crippen LogP contribution in [0.5, 0.6) is 5.75 Å². The lowest BCUT2D eigenvalue weighted by molar-refractivity contribution is 0.289. The Morgan fingerprint density at radius 3 is 2.33 bits per heavy atom. The Kier molecular flexibility index (Phi) is 4.20. The van der Waals surface area contributed by atoms with Gasteiger partial charge >= 0.3 is 0 Å². The number of methoxy groups -OCH3 is 1. The molecule has 0 radical (unpaired) electrons. The zero-order valence-corrected chi connectivity index (χ0v) is 12.2. The van der Waals surface area contributed by atoms with Gasteiger partial charge in [0.2, 0.25) is 0 Å². The quantitative estimate of drug-likeness (QED) is 0.900. The first-order valence-electron chi connectivity index (χ1n) is 7.36. The third-order valence-corrected chi connectivity index (χ3v) is 4.23. The monoisotopic (exact) mass is 285 g/mol. The van der Waals surface area contributed by atoms with Crippen LogP contribution in [0, 0.1) is 5.82 Å². The second-order valence-corrected chi connectivity index (χ2v) is 5.65. The molecule has 1 aliphatic rings. The molecule has 0 heterocycles. The van der Waals surface area contributed by atoms with Gasteiger partial charge < -0.3 is 10.1 Å². The van der Waals surface area contributed by atoms with Crippen molar-refractivity contribution in [3.8, 4) is 5.75 Å². The van der Waals surface area contributed by atoms with Gasteiger partial charge in [0.25, 0.3) is 0 Å². The molecule has 0 atom stereocenters. The second kappa shape index (κ2) is 6.27. The molecule has 3 heteroatoms. The molecular weight excluding hydrogens is 265 g/mol. The van der Waals surface area contributed by atoms with Gasteiger partial charge in [0, 0.05) is 12.6 Å². The van der Waals surface area contributed by atoms with Crippen molar-refractivity contribution < 1.29 is 9.13 Å². The predicted octanol–water partition coefficient (Wildman–Crippen LogP) is 3.87. The smallest absolute Gasteiger partial charge is 0.123 e. The van der Waals surface area contributed by atoms with E-state index in [1.165, 1.54) is 11.1 Å². The van der Waals surface area contributed by atoms with Gasteiger partial charge in [0.1, 0.15) is 11.6 Å². The van der Waals surface area contributed by atoms with Crippen LogP contribution in [0.15, 0.2) is 48.5 Å². The Balaban J connectivity index is 1.45. The van der Waals surface area contributed by atoms with Gasteiger partial charge in [-0.15, -0.1) is 0 Å². The van der Waals surface area contributed by atoms with E-state index in [4.69, 9.17) is 4.74 Å². The van der Waals surface area contributed by atoms with Gasteiger partial charge in [-0.05, 0) is 54.2 Å². The molecular formula is C18H20FNO. The van der Waals surface area contributed by atoms with E-state index in [1.807, 2.05) is 24.3 Å². The maximum Gasteiger partial charge on any atom is 0.123 e. The Hall–Kier alpha value is -1.87. The van der Waals surface area contributed by atoms with E-state index >= 15 is 0 Å². The summed E-state index contributed by atoms with van der Waals surface area (Å²) in [5.74, 6) is 1.30. The van der Waals surface area contributed by atoms with E-state index in [9.17, 15) is 4.39 Å². The Morgan fingerprint density at radius 2 is 1.71 bits per heavy atom. The third kappa shape index (κ3) is 3.42. The molecule has 1 saturated carbocycles. The fourth-order valence-electron chi connectivity index (χ4n) is 2.80. The van der Waals surface area contributed by atoms with Crippen molar-refractivity contribution in [2.75, 3.05) is 7.11 Å². The SMILES string of the molecule is COc1ccc(CNC2CC(c3ccc(F)cc3)C2)cc1. The molecule has 0 amide bonds. The molecule has 0 aliphatic heterocycles. The highest BCUT2D eigenvalue weighted by molar-refractivity contribution is 5.27. The molecule has 21 heavy (non-hydrogen) atoms. The van der Waals surface area contributed by atoms with E-state index in [0.717, 1.165) is 25.1 Å². The molecule has 0 unspecified atom stereocenters. The van der Waals surface area contributed by atoms with Gasteiger partial charge in [-0.3, -0.25) is 0 Å². The minimum Gasteiger partial charge on any atom is -0.497 e.